The van der Waals surface area contributed by atoms with Gasteiger partial charge in [-0.15, -0.1) is 10.2 Å². The average Bonchev–Trinajstić information content (AvgIpc) is 3.46. The van der Waals surface area contributed by atoms with Crippen LogP contribution in [-0.2, 0) is 0 Å². The Morgan fingerprint density at radius 2 is 1.79 bits per heavy atom. The molecule has 0 amide bonds. The number of rotatable bonds is 6. The predicted molar refractivity (Wildman–Crippen MR) is 92.6 cm³/mol. The van der Waals surface area contributed by atoms with Crippen LogP contribution < -0.4 is 4.90 Å². The van der Waals surface area contributed by atoms with Crippen molar-refractivity contribution in [3.8, 4) is 0 Å². The van der Waals surface area contributed by atoms with E-state index >= 15 is 0 Å². The minimum atomic E-state index is 0.259. The zero-order chi connectivity index (χ0) is 16.8. The molecule has 2 aromatic rings. The van der Waals surface area contributed by atoms with E-state index < -0.39 is 0 Å². The molecule has 0 N–H and O–H groups in total. The summed E-state index contributed by atoms with van der Waals surface area (Å²) in [7, 11) is 3.90. The highest BCUT2D eigenvalue weighted by molar-refractivity contribution is 7.99. The lowest BCUT2D eigenvalue weighted by molar-refractivity contribution is 0.625. The Labute approximate surface area is 146 Å². The number of hydrogen-bond donors (Lipinski definition) is 0. The average molecular weight is 345 g/mol. The lowest BCUT2D eigenvalue weighted by Crippen LogP contribution is -2.16. The Hall–Kier alpha value is -1.70. The van der Waals surface area contributed by atoms with Crippen LogP contribution in [0, 0.1) is 0 Å². The van der Waals surface area contributed by atoms with Crippen LogP contribution in [0.5, 0.6) is 0 Å². The highest BCUT2D eigenvalue weighted by atomic mass is 32.2. The Bertz CT molecular complexity index is 721. The fraction of sp³-hybridized carbons (Fsp3) is 0.688. The molecule has 2 aliphatic carbocycles. The lowest BCUT2D eigenvalue weighted by atomic mass is 10.2. The summed E-state index contributed by atoms with van der Waals surface area (Å²) >= 11 is 1.51. The third-order valence-electron chi connectivity index (χ3n) is 4.26. The Morgan fingerprint density at radius 3 is 2.38 bits per heavy atom. The van der Waals surface area contributed by atoms with E-state index in [4.69, 9.17) is 0 Å². The lowest BCUT2D eigenvalue weighted by Gasteiger charge is -2.14. The van der Waals surface area contributed by atoms with E-state index in [1.807, 2.05) is 19.0 Å². The van der Waals surface area contributed by atoms with Gasteiger partial charge >= 0.3 is 0 Å². The summed E-state index contributed by atoms with van der Waals surface area (Å²) in [5.41, 5.74) is 0. The summed E-state index contributed by atoms with van der Waals surface area (Å²) in [4.78, 5) is 15.7. The second-order valence-corrected chi connectivity index (χ2v) is 8.08. The number of anilines is 1. The van der Waals surface area contributed by atoms with E-state index in [0.29, 0.717) is 23.1 Å². The summed E-state index contributed by atoms with van der Waals surface area (Å²) < 4.78 is 2.33. The van der Waals surface area contributed by atoms with E-state index in [0.717, 1.165) is 16.8 Å². The first-order valence-electron chi connectivity index (χ1n) is 8.59. The first-order chi connectivity index (χ1) is 11.5. The van der Waals surface area contributed by atoms with Crippen molar-refractivity contribution in [3.63, 3.8) is 0 Å². The molecular weight excluding hydrogens is 322 g/mol. The standard InChI is InChI=1S/C16H23N7S/c1-9(2)12-17-14(22(3)4)19-15(18-12)24-16-21-20-13(10-5-6-10)23(16)11-7-8-11/h9-11H,5-8H2,1-4H3. The van der Waals surface area contributed by atoms with Gasteiger partial charge in [-0.3, -0.25) is 0 Å². The van der Waals surface area contributed by atoms with Crippen LogP contribution in [-0.4, -0.2) is 43.8 Å². The molecule has 0 bridgehead atoms. The number of hydrogen-bond acceptors (Lipinski definition) is 7. The third kappa shape index (κ3) is 3.11. The minimum Gasteiger partial charge on any atom is -0.347 e. The molecule has 7 nitrogen and oxygen atoms in total. The van der Waals surface area contributed by atoms with Crippen LogP contribution in [0.2, 0.25) is 0 Å². The molecule has 2 saturated carbocycles. The third-order valence-corrected chi connectivity index (χ3v) is 5.09. The van der Waals surface area contributed by atoms with Crippen molar-refractivity contribution in [2.75, 3.05) is 19.0 Å². The van der Waals surface area contributed by atoms with Gasteiger partial charge in [0.05, 0.1) is 0 Å². The van der Waals surface area contributed by atoms with Crippen LogP contribution >= 0.6 is 11.8 Å². The molecule has 0 unspecified atom stereocenters. The maximum Gasteiger partial charge on any atom is 0.229 e. The predicted octanol–water partition coefficient (Wildman–Crippen LogP) is 3.02. The summed E-state index contributed by atoms with van der Waals surface area (Å²) in [5.74, 6) is 3.53. The highest BCUT2D eigenvalue weighted by Gasteiger charge is 2.36. The largest absolute Gasteiger partial charge is 0.347 e. The number of nitrogens with zero attached hydrogens (tertiary/aromatic N) is 7. The fourth-order valence-corrected chi connectivity index (χ4v) is 3.45. The van der Waals surface area contributed by atoms with E-state index in [9.17, 15) is 0 Å². The second kappa shape index (κ2) is 5.98. The van der Waals surface area contributed by atoms with Crippen molar-refractivity contribution < 1.29 is 0 Å². The topological polar surface area (TPSA) is 72.6 Å². The fourth-order valence-electron chi connectivity index (χ4n) is 2.60. The molecule has 8 heteroatoms. The van der Waals surface area contributed by atoms with Crippen LogP contribution in [0.4, 0.5) is 5.95 Å². The first kappa shape index (κ1) is 15.8. The van der Waals surface area contributed by atoms with Crippen molar-refractivity contribution in [1.82, 2.24) is 29.7 Å². The molecule has 2 heterocycles. The minimum absolute atomic E-state index is 0.259. The molecule has 24 heavy (non-hydrogen) atoms. The van der Waals surface area contributed by atoms with Gasteiger partial charge in [0.2, 0.25) is 11.1 Å². The van der Waals surface area contributed by atoms with Crippen LogP contribution in [0.15, 0.2) is 10.3 Å². The second-order valence-electron chi connectivity index (χ2n) is 7.14. The normalized spacial score (nSPS) is 17.5. The Balaban J connectivity index is 1.68. The van der Waals surface area contributed by atoms with Crippen molar-refractivity contribution in [2.45, 2.75) is 67.7 Å². The molecule has 0 spiro atoms. The molecule has 0 aliphatic heterocycles. The van der Waals surface area contributed by atoms with Crippen LogP contribution in [0.25, 0.3) is 0 Å². The monoisotopic (exact) mass is 345 g/mol. The molecule has 2 fully saturated rings. The Morgan fingerprint density at radius 1 is 1.04 bits per heavy atom. The molecular formula is C16H23N7S. The van der Waals surface area contributed by atoms with E-state index in [1.54, 1.807) is 0 Å². The van der Waals surface area contributed by atoms with Gasteiger partial charge in [0.1, 0.15) is 11.6 Å². The van der Waals surface area contributed by atoms with Gasteiger partial charge in [-0.2, -0.15) is 9.97 Å². The van der Waals surface area contributed by atoms with Gasteiger partial charge in [0.25, 0.3) is 0 Å². The molecule has 4 rings (SSSR count). The van der Waals surface area contributed by atoms with Crippen molar-refractivity contribution in [2.24, 2.45) is 0 Å². The van der Waals surface area contributed by atoms with Crippen molar-refractivity contribution in [3.05, 3.63) is 11.6 Å². The first-order valence-corrected chi connectivity index (χ1v) is 9.40. The Kier molecular flexibility index (Phi) is 3.94. The summed E-state index contributed by atoms with van der Waals surface area (Å²) in [5, 5.41) is 10.5. The molecule has 0 radical (unpaired) electrons. The summed E-state index contributed by atoms with van der Waals surface area (Å²) in [6.07, 6.45) is 4.93. The smallest absolute Gasteiger partial charge is 0.229 e. The highest BCUT2D eigenvalue weighted by Crippen LogP contribution is 2.46. The van der Waals surface area contributed by atoms with E-state index in [-0.39, 0.29) is 5.92 Å². The van der Waals surface area contributed by atoms with Crippen LogP contribution in [0.1, 0.15) is 69.1 Å². The summed E-state index contributed by atoms with van der Waals surface area (Å²) in [6.45, 7) is 4.20. The molecule has 2 aromatic heterocycles. The SMILES string of the molecule is CC(C)c1nc(Sc2nnc(C3CC3)n2C2CC2)nc(N(C)C)n1. The molecule has 128 valence electrons. The molecule has 0 atom stereocenters. The molecule has 0 saturated heterocycles. The van der Waals surface area contributed by atoms with E-state index in [2.05, 4.69) is 43.6 Å². The zero-order valence-corrected chi connectivity index (χ0v) is 15.4. The summed E-state index contributed by atoms with van der Waals surface area (Å²) in [6, 6.07) is 0.567. The van der Waals surface area contributed by atoms with Crippen molar-refractivity contribution >= 4 is 17.7 Å². The maximum absolute atomic E-state index is 4.63. The van der Waals surface area contributed by atoms with Gasteiger partial charge in [-0.25, -0.2) is 4.98 Å². The van der Waals surface area contributed by atoms with Gasteiger partial charge < -0.3 is 9.47 Å². The molecule has 2 aliphatic rings. The van der Waals surface area contributed by atoms with Gasteiger partial charge in [0.15, 0.2) is 5.16 Å². The maximum atomic E-state index is 4.63. The zero-order valence-electron chi connectivity index (χ0n) is 14.6. The van der Waals surface area contributed by atoms with Crippen LogP contribution in [0.3, 0.4) is 0 Å². The van der Waals surface area contributed by atoms with Gasteiger partial charge in [0, 0.05) is 32.0 Å². The van der Waals surface area contributed by atoms with E-state index in [1.165, 1.54) is 37.4 Å². The molecule has 0 aromatic carbocycles. The number of aromatic nitrogens is 6. The van der Waals surface area contributed by atoms with Gasteiger partial charge in [-0.05, 0) is 37.4 Å². The van der Waals surface area contributed by atoms with Gasteiger partial charge in [-0.1, -0.05) is 13.8 Å². The van der Waals surface area contributed by atoms with Crippen molar-refractivity contribution in [1.29, 1.82) is 0 Å². The quantitative estimate of drug-likeness (QED) is 0.797.